The van der Waals surface area contributed by atoms with Gasteiger partial charge in [0.25, 0.3) is 0 Å². The van der Waals surface area contributed by atoms with Crippen molar-refractivity contribution in [2.24, 2.45) is 0 Å². The standard InChI is InChI=1S/C29H20N2O/c1-3-9-21(10-4-1)23-15-17-25(30-20-23)22-16-18-27-29(19-22)32-28-14-8-7-13-26(28)31(27)24-11-5-2-6-12-24/h1-20H. The zero-order chi connectivity index (χ0) is 21.3. The van der Waals surface area contributed by atoms with E-state index in [4.69, 9.17) is 9.72 Å². The molecule has 3 nitrogen and oxygen atoms in total. The number of fused-ring (bicyclic) bond motifs is 2. The van der Waals surface area contributed by atoms with Gasteiger partial charge in [-0.05, 0) is 48.0 Å². The molecule has 152 valence electrons. The quantitative estimate of drug-likeness (QED) is 0.294. The number of benzene rings is 4. The lowest BCUT2D eigenvalue weighted by molar-refractivity contribution is 0.477. The number of rotatable bonds is 3. The molecule has 6 rings (SSSR count). The highest BCUT2D eigenvalue weighted by Crippen LogP contribution is 2.50. The largest absolute Gasteiger partial charge is 0.453 e. The van der Waals surface area contributed by atoms with Crippen LogP contribution < -0.4 is 9.64 Å². The molecule has 0 unspecified atom stereocenters. The molecule has 3 heteroatoms. The predicted molar refractivity (Wildman–Crippen MR) is 130 cm³/mol. The van der Waals surface area contributed by atoms with Crippen LogP contribution in [0.5, 0.6) is 11.5 Å². The van der Waals surface area contributed by atoms with Gasteiger partial charge in [0.05, 0.1) is 17.1 Å². The maximum absolute atomic E-state index is 6.31. The molecule has 0 fully saturated rings. The number of ether oxygens (including phenoxy) is 1. The summed E-state index contributed by atoms with van der Waals surface area (Å²) in [6, 6.07) is 39.3. The van der Waals surface area contributed by atoms with E-state index in [2.05, 4.69) is 77.7 Å². The predicted octanol–water partition coefficient (Wildman–Crippen LogP) is 7.99. The molecule has 2 heterocycles. The number of pyridine rings is 1. The van der Waals surface area contributed by atoms with Gasteiger partial charge in [-0.15, -0.1) is 0 Å². The first-order valence-corrected chi connectivity index (χ1v) is 10.6. The van der Waals surface area contributed by atoms with E-state index in [-0.39, 0.29) is 0 Å². The number of aromatic nitrogens is 1. The van der Waals surface area contributed by atoms with Gasteiger partial charge in [-0.1, -0.05) is 72.8 Å². The summed E-state index contributed by atoms with van der Waals surface area (Å²) in [5.41, 5.74) is 7.35. The van der Waals surface area contributed by atoms with Crippen molar-refractivity contribution in [3.05, 3.63) is 121 Å². The maximum atomic E-state index is 6.31. The van der Waals surface area contributed by atoms with Gasteiger partial charge in [-0.2, -0.15) is 0 Å². The summed E-state index contributed by atoms with van der Waals surface area (Å²) >= 11 is 0. The molecule has 0 N–H and O–H groups in total. The molecule has 0 bridgehead atoms. The van der Waals surface area contributed by atoms with Crippen molar-refractivity contribution in [1.82, 2.24) is 4.98 Å². The molecule has 0 saturated heterocycles. The van der Waals surface area contributed by atoms with E-state index < -0.39 is 0 Å². The summed E-state index contributed by atoms with van der Waals surface area (Å²) < 4.78 is 6.31. The van der Waals surface area contributed by atoms with E-state index in [9.17, 15) is 0 Å². The van der Waals surface area contributed by atoms with E-state index in [0.29, 0.717) is 0 Å². The van der Waals surface area contributed by atoms with Gasteiger partial charge in [-0.3, -0.25) is 4.98 Å². The van der Waals surface area contributed by atoms with Gasteiger partial charge < -0.3 is 9.64 Å². The molecule has 0 spiro atoms. The van der Waals surface area contributed by atoms with Gasteiger partial charge in [0.15, 0.2) is 11.5 Å². The van der Waals surface area contributed by atoms with Crippen molar-refractivity contribution in [2.45, 2.75) is 0 Å². The fraction of sp³-hybridized carbons (Fsp3) is 0. The third kappa shape index (κ3) is 3.21. The minimum Gasteiger partial charge on any atom is -0.453 e. The highest BCUT2D eigenvalue weighted by atomic mass is 16.5. The molecule has 5 aromatic rings. The number of anilines is 3. The Hall–Kier alpha value is -4.37. The van der Waals surface area contributed by atoms with Crippen LogP contribution >= 0.6 is 0 Å². The minimum absolute atomic E-state index is 0.819. The summed E-state index contributed by atoms with van der Waals surface area (Å²) in [5, 5.41) is 0. The summed E-state index contributed by atoms with van der Waals surface area (Å²) in [7, 11) is 0. The molecule has 1 aliphatic heterocycles. The SMILES string of the molecule is c1ccc(-c2ccc(-c3ccc4c(c3)Oc3ccccc3N4c3ccccc3)nc2)cc1. The summed E-state index contributed by atoms with van der Waals surface area (Å²) in [6.07, 6.45) is 1.93. The smallest absolute Gasteiger partial charge is 0.152 e. The maximum Gasteiger partial charge on any atom is 0.152 e. The second kappa shape index (κ2) is 7.71. The van der Waals surface area contributed by atoms with Gasteiger partial charge in [-0.25, -0.2) is 0 Å². The van der Waals surface area contributed by atoms with E-state index in [1.807, 2.05) is 48.7 Å². The average molecular weight is 412 g/mol. The Morgan fingerprint density at radius 2 is 1.22 bits per heavy atom. The Kier molecular flexibility index (Phi) is 4.43. The van der Waals surface area contributed by atoms with Crippen molar-refractivity contribution in [3.63, 3.8) is 0 Å². The molecular formula is C29H20N2O. The van der Waals surface area contributed by atoms with Crippen molar-refractivity contribution >= 4 is 17.1 Å². The Morgan fingerprint density at radius 3 is 2.00 bits per heavy atom. The highest BCUT2D eigenvalue weighted by Gasteiger charge is 2.25. The van der Waals surface area contributed by atoms with E-state index in [1.165, 1.54) is 0 Å². The van der Waals surface area contributed by atoms with E-state index in [1.54, 1.807) is 0 Å². The van der Waals surface area contributed by atoms with Crippen molar-refractivity contribution in [1.29, 1.82) is 0 Å². The van der Waals surface area contributed by atoms with Crippen LogP contribution in [0.1, 0.15) is 0 Å². The first-order valence-electron chi connectivity index (χ1n) is 10.6. The summed E-state index contributed by atoms with van der Waals surface area (Å²) in [6.45, 7) is 0. The number of para-hydroxylation sites is 3. The molecule has 1 aromatic heterocycles. The molecule has 0 radical (unpaired) electrons. The zero-order valence-electron chi connectivity index (χ0n) is 17.3. The normalized spacial score (nSPS) is 11.9. The topological polar surface area (TPSA) is 25.4 Å². The van der Waals surface area contributed by atoms with E-state index in [0.717, 1.165) is 50.9 Å². The first kappa shape index (κ1) is 18.4. The van der Waals surface area contributed by atoms with E-state index >= 15 is 0 Å². The second-order valence-electron chi connectivity index (χ2n) is 7.72. The Morgan fingerprint density at radius 1 is 0.531 bits per heavy atom. The summed E-state index contributed by atoms with van der Waals surface area (Å²) in [4.78, 5) is 6.97. The van der Waals surface area contributed by atoms with Crippen molar-refractivity contribution in [3.8, 4) is 33.9 Å². The molecule has 32 heavy (non-hydrogen) atoms. The van der Waals surface area contributed by atoms with Crippen LogP contribution in [-0.4, -0.2) is 4.98 Å². The average Bonchev–Trinajstić information content (AvgIpc) is 2.88. The van der Waals surface area contributed by atoms with Crippen LogP contribution in [-0.2, 0) is 0 Å². The van der Waals surface area contributed by atoms with Crippen LogP contribution in [0, 0.1) is 0 Å². The molecule has 0 amide bonds. The molecular weight excluding hydrogens is 392 g/mol. The van der Waals surface area contributed by atoms with Gasteiger partial charge in [0.1, 0.15) is 0 Å². The Labute approximate surface area is 187 Å². The Bertz CT molecular complexity index is 1380. The highest BCUT2D eigenvalue weighted by molar-refractivity contribution is 5.87. The van der Waals surface area contributed by atoms with Crippen molar-refractivity contribution < 1.29 is 4.74 Å². The van der Waals surface area contributed by atoms with Gasteiger partial charge >= 0.3 is 0 Å². The lowest BCUT2D eigenvalue weighted by Gasteiger charge is -2.33. The van der Waals surface area contributed by atoms with Gasteiger partial charge in [0, 0.05) is 23.0 Å². The number of hydrogen-bond donors (Lipinski definition) is 0. The minimum atomic E-state index is 0.819. The fourth-order valence-corrected chi connectivity index (χ4v) is 4.14. The molecule has 0 saturated carbocycles. The van der Waals surface area contributed by atoms with Crippen LogP contribution in [0.25, 0.3) is 22.4 Å². The van der Waals surface area contributed by atoms with Crippen molar-refractivity contribution in [2.75, 3.05) is 4.90 Å². The molecule has 4 aromatic carbocycles. The third-order valence-corrected chi connectivity index (χ3v) is 5.71. The molecule has 0 atom stereocenters. The van der Waals surface area contributed by atoms with Crippen LogP contribution in [0.4, 0.5) is 17.1 Å². The first-order chi connectivity index (χ1) is 15.9. The monoisotopic (exact) mass is 412 g/mol. The number of nitrogens with zero attached hydrogens (tertiary/aromatic N) is 2. The second-order valence-corrected chi connectivity index (χ2v) is 7.72. The number of hydrogen-bond acceptors (Lipinski definition) is 3. The lowest BCUT2D eigenvalue weighted by atomic mass is 10.0. The third-order valence-electron chi connectivity index (χ3n) is 5.71. The lowest BCUT2D eigenvalue weighted by Crippen LogP contribution is -2.15. The zero-order valence-corrected chi connectivity index (χ0v) is 17.3. The van der Waals surface area contributed by atoms with Crippen LogP contribution in [0.3, 0.4) is 0 Å². The van der Waals surface area contributed by atoms with Crippen LogP contribution in [0.15, 0.2) is 121 Å². The van der Waals surface area contributed by atoms with Crippen LogP contribution in [0.2, 0.25) is 0 Å². The van der Waals surface area contributed by atoms with Gasteiger partial charge in [0.2, 0.25) is 0 Å². The summed E-state index contributed by atoms with van der Waals surface area (Å²) in [5.74, 6) is 1.66. The molecule has 1 aliphatic rings. The molecule has 0 aliphatic carbocycles. The Balaban J connectivity index is 1.41. The fourth-order valence-electron chi connectivity index (χ4n) is 4.14.